The van der Waals surface area contributed by atoms with Crippen LogP contribution in [0.2, 0.25) is 0 Å². The number of nitrogens with one attached hydrogen (secondary N) is 5. The van der Waals surface area contributed by atoms with Crippen LogP contribution in [-0.4, -0.2) is 178 Å². The molecule has 25 nitrogen and oxygen atoms in total. The average molecular weight is 1230 g/mol. The van der Waals surface area contributed by atoms with Gasteiger partial charge in [0.1, 0.15) is 18.7 Å². The summed E-state index contributed by atoms with van der Waals surface area (Å²) in [5, 5.41) is 15.8. The Bertz CT molecular complexity index is 3730. The maximum atomic E-state index is 14.0. The number of hydrogen-bond acceptors (Lipinski definition) is 15. The minimum atomic E-state index is -1.09. The zero-order chi connectivity index (χ0) is 64.2. The van der Waals surface area contributed by atoms with Gasteiger partial charge in [-0.1, -0.05) is 56.7 Å². The van der Waals surface area contributed by atoms with Gasteiger partial charge >= 0.3 is 12.1 Å². The number of imide groups is 3. The standard InChI is InChI=1S/C65H73N13O12/c1-40(2)57(72-52(79)17-6-5-7-32-76-53(80)26-27-54(76)81)59(83)70-50(16-10-28-68-64(66)88)58(82)69-42-20-18-41(19-21-42)38-90-65(89)71-49-24-22-47-55-43(49)12-8-14-45(55)60(84)77(62(47)86)36-34-73(3)30-11-31-74(4)35-37-78-61(85)46-15-9-13-44-51(75-33-29-67-39-75)25-23-48(56(44)46)63(78)87/h8-9,12-15,18-27,29,33,39-40,50,57H,5-7,10-11,16-17,28,30-32,34-38H2,1-4H3,(H,69,82)(H,70,83)(H,71,89)(H,72,79)(H3,66,68,88)/t50-,57?/m0/s1. The molecule has 1 unspecified atom stereocenters. The summed E-state index contributed by atoms with van der Waals surface area (Å²) in [7, 11) is 3.85. The largest absolute Gasteiger partial charge is 0.444 e. The molecule has 25 heteroatoms. The molecule has 3 aliphatic heterocycles. The van der Waals surface area contributed by atoms with E-state index in [4.69, 9.17) is 10.5 Å². The Morgan fingerprint density at radius 1 is 0.611 bits per heavy atom. The number of amides is 12. The first kappa shape index (κ1) is 64.3. The first-order valence-electron chi connectivity index (χ1n) is 30.0. The highest BCUT2D eigenvalue weighted by atomic mass is 16.5. The number of carbonyl (C=O) groups excluding carboxylic acids is 11. The van der Waals surface area contributed by atoms with Gasteiger partial charge in [0.25, 0.3) is 35.4 Å². The Kier molecular flexibility index (Phi) is 20.9. The fourth-order valence-corrected chi connectivity index (χ4v) is 11.2. The maximum absolute atomic E-state index is 14.0. The minimum Gasteiger partial charge on any atom is -0.444 e. The number of unbranched alkanes of at least 4 members (excludes halogenated alkanes) is 2. The highest BCUT2D eigenvalue weighted by molar-refractivity contribution is 6.28. The van der Waals surface area contributed by atoms with Crippen molar-refractivity contribution in [3.05, 3.63) is 144 Å². The van der Waals surface area contributed by atoms with E-state index in [9.17, 15) is 52.7 Å². The Morgan fingerprint density at radius 2 is 1.21 bits per heavy atom. The summed E-state index contributed by atoms with van der Waals surface area (Å²) in [6, 6.07) is 20.9. The number of imidazole rings is 1. The number of anilines is 2. The predicted molar refractivity (Wildman–Crippen MR) is 334 cm³/mol. The van der Waals surface area contributed by atoms with Gasteiger partial charge in [0, 0.05) is 120 Å². The predicted octanol–water partition coefficient (Wildman–Crippen LogP) is 5.57. The zero-order valence-electron chi connectivity index (χ0n) is 50.6. The SMILES string of the molecule is CC(C)C(NC(=O)CCCCCN1C(=O)C=CC1=O)C(=O)N[C@@H](CCCNC(N)=O)C(=O)Nc1ccc(COC(=O)Nc2ccc3c4c(cccc24)C(=O)N(CCN(C)CCCN(C)CCN2C(=O)c4cccc5c(-n6ccnc6)ccc(c45)C2=O)C3=O)cc1. The highest BCUT2D eigenvalue weighted by Gasteiger charge is 2.36. The summed E-state index contributed by atoms with van der Waals surface area (Å²) in [5.74, 6) is -4.23. The lowest BCUT2D eigenvalue weighted by Gasteiger charge is -2.30. The van der Waals surface area contributed by atoms with E-state index in [-0.39, 0.29) is 87.5 Å². The van der Waals surface area contributed by atoms with Gasteiger partial charge in [-0.05, 0) is 119 Å². The van der Waals surface area contributed by atoms with Crippen LogP contribution in [0.4, 0.5) is 21.0 Å². The molecule has 6 aromatic rings. The van der Waals surface area contributed by atoms with Gasteiger partial charge in [0.15, 0.2) is 0 Å². The van der Waals surface area contributed by atoms with Gasteiger partial charge in [-0.25, -0.2) is 14.6 Å². The van der Waals surface area contributed by atoms with Gasteiger partial charge in [0.2, 0.25) is 17.7 Å². The van der Waals surface area contributed by atoms with Crippen molar-refractivity contribution in [2.45, 2.75) is 77.5 Å². The lowest BCUT2D eigenvalue weighted by Crippen LogP contribution is -2.54. The van der Waals surface area contributed by atoms with E-state index in [1.54, 1.807) is 93.1 Å². The number of primary amides is 1. The first-order chi connectivity index (χ1) is 43.3. The molecule has 0 fully saturated rings. The molecule has 2 atom stereocenters. The number of urea groups is 1. The van der Waals surface area contributed by atoms with Gasteiger partial charge in [-0.3, -0.25) is 63.2 Å². The number of nitrogens with two attached hydrogens (primary N) is 1. The molecule has 5 aromatic carbocycles. The molecule has 0 radical (unpaired) electrons. The van der Waals surface area contributed by atoms with Crippen LogP contribution in [0.15, 0.2) is 116 Å². The summed E-state index contributed by atoms with van der Waals surface area (Å²) in [5.41, 5.74) is 8.88. The second kappa shape index (κ2) is 29.2. The Morgan fingerprint density at radius 3 is 1.81 bits per heavy atom. The molecular formula is C65H73N13O12. The van der Waals surface area contributed by atoms with Crippen LogP contribution in [0.3, 0.4) is 0 Å². The topological polar surface area (TPSA) is 317 Å². The summed E-state index contributed by atoms with van der Waals surface area (Å²) in [6.45, 7) is 6.23. The normalized spacial score (nSPS) is 14.3. The van der Waals surface area contributed by atoms with Crippen LogP contribution in [0.25, 0.3) is 27.2 Å². The fourth-order valence-electron chi connectivity index (χ4n) is 11.2. The minimum absolute atomic E-state index is 0.0964. The van der Waals surface area contributed by atoms with Crippen molar-refractivity contribution in [3.8, 4) is 5.69 Å². The molecule has 3 aliphatic rings. The number of carbonyl (C=O) groups is 11. The summed E-state index contributed by atoms with van der Waals surface area (Å²) < 4.78 is 7.41. The number of nitrogens with zero attached hydrogens (tertiary/aromatic N) is 7. The van der Waals surface area contributed by atoms with E-state index in [2.05, 4.69) is 36.5 Å². The maximum Gasteiger partial charge on any atom is 0.411 e. The monoisotopic (exact) mass is 1230 g/mol. The van der Waals surface area contributed by atoms with Crippen LogP contribution >= 0.6 is 0 Å². The number of likely N-dealkylation sites (N-methyl/N-ethyl adjacent to an activating group) is 2. The molecule has 0 saturated carbocycles. The Hall–Kier alpha value is -10.1. The molecule has 1 aromatic heterocycles. The van der Waals surface area contributed by atoms with E-state index in [1.165, 1.54) is 22.0 Å². The van der Waals surface area contributed by atoms with Crippen molar-refractivity contribution in [2.75, 3.05) is 77.1 Å². The van der Waals surface area contributed by atoms with Crippen LogP contribution in [0.1, 0.15) is 106 Å². The van der Waals surface area contributed by atoms with Gasteiger partial charge in [-0.15, -0.1) is 0 Å². The third-order valence-electron chi connectivity index (χ3n) is 16.1. The quantitative estimate of drug-likeness (QED) is 0.0237. The number of benzene rings is 5. The highest BCUT2D eigenvalue weighted by Crippen LogP contribution is 2.36. The van der Waals surface area contributed by atoms with Crippen molar-refractivity contribution < 1.29 is 57.5 Å². The van der Waals surface area contributed by atoms with E-state index >= 15 is 0 Å². The number of rotatable bonds is 30. The fraction of sp³-hybridized carbons (Fsp3) is 0.354. The van der Waals surface area contributed by atoms with E-state index in [0.29, 0.717) is 101 Å². The Balaban J connectivity index is 0.715. The molecular weight excluding hydrogens is 1150 g/mol. The molecule has 12 amide bonds. The molecule has 9 rings (SSSR count). The van der Waals surface area contributed by atoms with E-state index in [0.717, 1.165) is 22.4 Å². The van der Waals surface area contributed by atoms with Crippen molar-refractivity contribution in [1.29, 1.82) is 0 Å². The van der Waals surface area contributed by atoms with Crippen LogP contribution in [0.5, 0.6) is 0 Å². The number of aromatic nitrogens is 2. The van der Waals surface area contributed by atoms with Gasteiger partial charge < -0.3 is 46.1 Å². The third-order valence-corrected chi connectivity index (χ3v) is 16.1. The van der Waals surface area contributed by atoms with Crippen LogP contribution in [-0.2, 0) is 35.3 Å². The molecule has 0 spiro atoms. The van der Waals surface area contributed by atoms with Gasteiger partial charge in [0.05, 0.1) is 17.7 Å². The van der Waals surface area contributed by atoms with Crippen molar-refractivity contribution in [1.82, 2.24) is 50.0 Å². The lowest BCUT2D eigenvalue weighted by molar-refractivity contribution is -0.137. The smallest absolute Gasteiger partial charge is 0.411 e. The molecule has 0 saturated heterocycles. The first-order valence-corrected chi connectivity index (χ1v) is 30.0. The summed E-state index contributed by atoms with van der Waals surface area (Å²) in [4.78, 5) is 156. The lowest BCUT2D eigenvalue weighted by atomic mass is 9.93. The number of hydrogen-bond donors (Lipinski definition) is 6. The van der Waals surface area contributed by atoms with Crippen molar-refractivity contribution >= 4 is 98.2 Å². The molecule has 470 valence electrons. The van der Waals surface area contributed by atoms with Crippen LogP contribution in [0, 0.1) is 5.92 Å². The van der Waals surface area contributed by atoms with Crippen molar-refractivity contribution in [2.24, 2.45) is 11.7 Å². The average Bonchev–Trinajstić information content (AvgIpc) is 0.847. The second-order valence-electron chi connectivity index (χ2n) is 22.8. The number of ether oxygens (including phenoxy) is 1. The Labute approximate surface area is 519 Å². The molecule has 90 heavy (non-hydrogen) atoms. The summed E-state index contributed by atoms with van der Waals surface area (Å²) >= 11 is 0. The summed E-state index contributed by atoms with van der Waals surface area (Å²) in [6.07, 6.45) is 9.53. The van der Waals surface area contributed by atoms with E-state index < -0.39 is 47.8 Å². The molecule has 0 aliphatic carbocycles. The third kappa shape index (κ3) is 15.2. The van der Waals surface area contributed by atoms with Crippen LogP contribution < -0.4 is 32.3 Å². The molecule has 0 bridgehead atoms. The molecule has 7 N–H and O–H groups in total. The van der Waals surface area contributed by atoms with Crippen molar-refractivity contribution in [3.63, 3.8) is 0 Å². The zero-order valence-corrected chi connectivity index (χ0v) is 50.6. The van der Waals surface area contributed by atoms with Gasteiger partial charge in [-0.2, -0.15) is 0 Å². The molecule has 4 heterocycles. The van der Waals surface area contributed by atoms with E-state index in [1.807, 2.05) is 48.0 Å². The second-order valence-corrected chi connectivity index (χ2v) is 22.8.